The number of rotatable bonds is 6. The number of hydrogen-bond donors (Lipinski definition) is 1. The predicted octanol–water partition coefficient (Wildman–Crippen LogP) is 2.53. The minimum absolute atomic E-state index is 0.201. The van der Waals surface area contributed by atoms with E-state index in [0.717, 1.165) is 12.1 Å². The third kappa shape index (κ3) is 5.39. The molecule has 0 saturated heterocycles. The van der Waals surface area contributed by atoms with Gasteiger partial charge in [-0.3, -0.25) is 4.79 Å². The van der Waals surface area contributed by atoms with E-state index >= 15 is 0 Å². The molecular formula is C16H13F2NO4. The number of amides is 1. The van der Waals surface area contributed by atoms with Crippen LogP contribution in [-0.4, -0.2) is 25.1 Å². The number of halogens is 2. The van der Waals surface area contributed by atoms with Crippen LogP contribution in [0, 0.1) is 11.6 Å². The van der Waals surface area contributed by atoms with Gasteiger partial charge in [-0.1, -0.05) is 18.2 Å². The number of para-hydroxylation sites is 1. The van der Waals surface area contributed by atoms with E-state index in [1.807, 2.05) is 0 Å². The van der Waals surface area contributed by atoms with Crippen LogP contribution in [0.3, 0.4) is 0 Å². The van der Waals surface area contributed by atoms with Crippen LogP contribution >= 0.6 is 0 Å². The molecule has 0 aromatic heterocycles. The van der Waals surface area contributed by atoms with E-state index in [4.69, 9.17) is 4.74 Å². The number of carbonyl (C=O) groups excluding carboxylic acids is 2. The van der Waals surface area contributed by atoms with Crippen molar-refractivity contribution in [2.75, 3.05) is 18.5 Å². The van der Waals surface area contributed by atoms with E-state index in [0.29, 0.717) is 11.8 Å². The van der Waals surface area contributed by atoms with Gasteiger partial charge in [-0.05, 0) is 24.3 Å². The lowest BCUT2D eigenvalue weighted by molar-refractivity contribution is -0.149. The maximum absolute atomic E-state index is 13.3. The van der Waals surface area contributed by atoms with Crippen LogP contribution in [0.4, 0.5) is 14.5 Å². The Balaban J connectivity index is 1.74. The van der Waals surface area contributed by atoms with Gasteiger partial charge in [0.15, 0.2) is 13.2 Å². The molecule has 0 aliphatic heterocycles. The molecule has 0 unspecified atom stereocenters. The lowest BCUT2D eigenvalue weighted by Crippen LogP contribution is -2.24. The first kappa shape index (κ1) is 16.4. The highest BCUT2D eigenvalue weighted by Crippen LogP contribution is 2.14. The second-order valence-corrected chi connectivity index (χ2v) is 4.43. The molecule has 7 heteroatoms. The molecule has 0 bridgehead atoms. The maximum Gasteiger partial charge on any atom is 0.344 e. The summed E-state index contributed by atoms with van der Waals surface area (Å²) in [6.07, 6.45) is 0. The smallest absolute Gasteiger partial charge is 0.344 e. The zero-order valence-electron chi connectivity index (χ0n) is 11.9. The summed E-state index contributed by atoms with van der Waals surface area (Å²) in [5, 5.41) is 2.17. The molecule has 23 heavy (non-hydrogen) atoms. The normalized spacial score (nSPS) is 10.0. The first-order valence-corrected chi connectivity index (χ1v) is 6.63. The van der Waals surface area contributed by atoms with Crippen molar-refractivity contribution in [3.8, 4) is 5.75 Å². The molecule has 2 aromatic rings. The Morgan fingerprint density at radius 2 is 1.74 bits per heavy atom. The molecule has 0 fully saturated rings. The van der Waals surface area contributed by atoms with E-state index in [9.17, 15) is 18.4 Å². The lowest BCUT2D eigenvalue weighted by atomic mass is 10.3. The van der Waals surface area contributed by atoms with Crippen molar-refractivity contribution < 1.29 is 27.8 Å². The zero-order valence-corrected chi connectivity index (χ0v) is 11.9. The minimum atomic E-state index is -0.919. The summed E-state index contributed by atoms with van der Waals surface area (Å²) in [7, 11) is 0. The number of ether oxygens (including phenoxy) is 2. The number of esters is 1. The molecule has 1 N–H and O–H groups in total. The fourth-order valence-electron chi connectivity index (χ4n) is 1.62. The van der Waals surface area contributed by atoms with Crippen molar-refractivity contribution in [3.63, 3.8) is 0 Å². The van der Waals surface area contributed by atoms with E-state index < -0.39 is 30.1 Å². The Labute approximate surface area is 130 Å². The van der Waals surface area contributed by atoms with E-state index in [1.54, 1.807) is 30.3 Å². The SMILES string of the molecule is O=C(COC(=O)COc1ccccc1)Nc1ccc(F)cc1F. The fourth-order valence-corrected chi connectivity index (χ4v) is 1.62. The number of hydrogen-bond acceptors (Lipinski definition) is 4. The molecule has 0 aliphatic rings. The molecule has 0 radical (unpaired) electrons. The fraction of sp³-hybridized carbons (Fsp3) is 0.125. The van der Waals surface area contributed by atoms with Crippen LogP contribution in [0.2, 0.25) is 0 Å². The van der Waals surface area contributed by atoms with Crippen molar-refractivity contribution in [2.24, 2.45) is 0 Å². The van der Waals surface area contributed by atoms with Crippen LogP contribution < -0.4 is 10.1 Å². The maximum atomic E-state index is 13.3. The number of nitrogens with one attached hydrogen (secondary N) is 1. The quantitative estimate of drug-likeness (QED) is 0.831. The largest absolute Gasteiger partial charge is 0.482 e. The van der Waals surface area contributed by atoms with E-state index in [-0.39, 0.29) is 12.3 Å². The number of carbonyl (C=O) groups is 2. The van der Waals surface area contributed by atoms with Crippen molar-refractivity contribution in [1.29, 1.82) is 0 Å². The molecule has 5 nitrogen and oxygen atoms in total. The summed E-state index contributed by atoms with van der Waals surface area (Å²) in [5.74, 6) is -2.68. The highest BCUT2D eigenvalue weighted by molar-refractivity contribution is 5.92. The van der Waals surface area contributed by atoms with Gasteiger partial charge in [-0.25, -0.2) is 13.6 Å². The van der Waals surface area contributed by atoms with Crippen molar-refractivity contribution in [2.45, 2.75) is 0 Å². The first-order chi connectivity index (χ1) is 11.0. The van der Waals surface area contributed by atoms with Crippen LogP contribution in [0.5, 0.6) is 5.75 Å². The van der Waals surface area contributed by atoms with Gasteiger partial charge in [0.2, 0.25) is 0 Å². The van der Waals surface area contributed by atoms with Gasteiger partial charge in [0, 0.05) is 6.07 Å². The van der Waals surface area contributed by atoms with Crippen LogP contribution in [0.25, 0.3) is 0 Å². The molecule has 2 rings (SSSR count). The highest BCUT2D eigenvalue weighted by atomic mass is 19.1. The van der Waals surface area contributed by atoms with Crippen LogP contribution in [0.1, 0.15) is 0 Å². The van der Waals surface area contributed by atoms with Gasteiger partial charge < -0.3 is 14.8 Å². The molecule has 0 saturated carbocycles. The summed E-state index contributed by atoms with van der Waals surface area (Å²) >= 11 is 0. The molecule has 0 heterocycles. The minimum Gasteiger partial charge on any atom is -0.482 e. The molecule has 0 aliphatic carbocycles. The molecule has 0 atom stereocenters. The number of benzene rings is 2. The second-order valence-electron chi connectivity index (χ2n) is 4.43. The topological polar surface area (TPSA) is 64.6 Å². The Hall–Kier alpha value is -2.96. The van der Waals surface area contributed by atoms with Crippen molar-refractivity contribution in [3.05, 3.63) is 60.2 Å². The third-order valence-corrected chi connectivity index (χ3v) is 2.67. The van der Waals surface area contributed by atoms with Gasteiger partial charge >= 0.3 is 5.97 Å². The summed E-state index contributed by atoms with van der Waals surface area (Å²) in [6.45, 7) is -0.962. The summed E-state index contributed by atoms with van der Waals surface area (Å²) < 4.78 is 35.9. The van der Waals surface area contributed by atoms with Crippen LogP contribution in [0.15, 0.2) is 48.5 Å². The predicted molar refractivity (Wildman–Crippen MR) is 77.9 cm³/mol. The Morgan fingerprint density at radius 1 is 1.00 bits per heavy atom. The standard InChI is InChI=1S/C16H13F2NO4/c17-11-6-7-14(13(18)8-11)19-15(20)9-23-16(21)10-22-12-4-2-1-3-5-12/h1-8H,9-10H2,(H,19,20). The van der Waals surface area contributed by atoms with Gasteiger partial charge in [-0.2, -0.15) is 0 Å². The summed E-state index contributed by atoms with van der Waals surface area (Å²) in [5.41, 5.74) is -0.201. The molecule has 120 valence electrons. The van der Waals surface area contributed by atoms with Gasteiger partial charge in [0.25, 0.3) is 5.91 Å². The highest BCUT2D eigenvalue weighted by Gasteiger charge is 2.11. The number of anilines is 1. The summed E-state index contributed by atoms with van der Waals surface area (Å²) in [6, 6.07) is 11.3. The van der Waals surface area contributed by atoms with Crippen molar-refractivity contribution >= 4 is 17.6 Å². The average Bonchev–Trinajstić information content (AvgIpc) is 2.54. The van der Waals surface area contributed by atoms with Gasteiger partial charge in [-0.15, -0.1) is 0 Å². The van der Waals surface area contributed by atoms with Gasteiger partial charge in [0.1, 0.15) is 17.4 Å². The average molecular weight is 321 g/mol. The van der Waals surface area contributed by atoms with Crippen LogP contribution in [-0.2, 0) is 14.3 Å². The Bertz CT molecular complexity index is 692. The first-order valence-electron chi connectivity index (χ1n) is 6.63. The molecular weight excluding hydrogens is 308 g/mol. The second kappa shape index (κ2) is 7.88. The lowest BCUT2D eigenvalue weighted by Gasteiger charge is -2.08. The third-order valence-electron chi connectivity index (χ3n) is 2.67. The van der Waals surface area contributed by atoms with E-state index in [1.165, 1.54) is 0 Å². The summed E-state index contributed by atoms with van der Waals surface area (Å²) in [4.78, 5) is 23.0. The van der Waals surface area contributed by atoms with Crippen molar-refractivity contribution in [1.82, 2.24) is 0 Å². The Morgan fingerprint density at radius 3 is 2.43 bits per heavy atom. The molecule has 0 spiro atoms. The molecule has 1 amide bonds. The Kier molecular flexibility index (Phi) is 5.62. The van der Waals surface area contributed by atoms with E-state index in [2.05, 4.69) is 10.1 Å². The monoisotopic (exact) mass is 321 g/mol. The molecule has 2 aromatic carbocycles. The van der Waals surface area contributed by atoms with Gasteiger partial charge in [0.05, 0.1) is 5.69 Å². The zero-order chi connectivity index (χ0) is 16.7.